The Morgan fingerprint density at radius 2 is 1.27 bits per heavy atom. The minimum Gasteiger partial charge on any atom is -0.318 e. The van der Waals surface area contributed by atoms with Crippen LogP contribution < -0.4 is 0 Å². The second-order valence-corrected chi connectivity index (χ2v) is 13.0. The summed E-state index contributed by atoms with van der Waals surface area (Å²) in [7, 11) is -0.220. The van der Waals surface area contributed by atoms with Gasteiger partial charge in [-0.05, 0) is 47.6 Å². The first-order valence-corrected chi connectivity index (χ1v) is 10.1. The van der Waals surface area contributed by atoms with E-state index < -0.39 is 6.83 Å². The molecule has 0 bridgehead atoms. The zero-order valence-corrected chi connectivity index (χ0v) is 11.9. The molecule has 1 nitrogen and oxygen atoms in total. The van der Waals surface area contributed by atoms with Gasteiger partial charge in [-0.2, -0.15) is 0 Å². The zero-order chi connectivity index (χ0) is 11.2. The largest absolute Gasteiger partial charge is 0.318 e. The predicted octanol–water partition coefficient (Wildman–Crippen LogP) is 4.45. The Morgan fingerprint density at radius 3 is 1.67 bits per heavy atom. The average molecular weight is 242 g/mol. The SMILES string of the molecule is CC1=C(C)CP2(=O)CC(C)=C(C)CP2C1. The van der Waals surface area contributed by atoms with Crippen LogP contribution in [-0.4, -0.2) is 24.6 Å². The van der Waals surface area contributed by atoms with Crippen LogP contribution in [0.2, 0.25) is 0 Å². The van der Waals surface area contributed by atoms with Gasteiger partial charge in [0, 0.05) is 12.3 Å². The highest BCUT2D eigenvalue weighted by molar-refractivity contribution is 8.33. The third-order valence-electron chi connectivity index (χ3n) is 3.78. The number of hydrogen-bond acceptors (Lipinski definition) is 1. The van der Waals surface area contributed by atoms with Crippen LogP contribution in [0.15, 0.2) is 22.3 Å². The number of allylic oxidation sites excluding steroid dienone is 4. The lowest BCUT2D eigenvalue weighted by Crippen LogP contribution is -2.14. The van der Waals surface area contributed by atoms with Crippen LogP contribution in [0.25, 0.3) is 0 Å². The molecule has 2 rings (SSSR count). The van der Waals surface area contributed by atoms with Gasteiger partial charge in [0.05, 0.1) is 0 Å². The molecular formula is C12H20OP2. The number of hydrogen-bond donors (Lipinski definition) is 0. The lowest BCUT2D eigenvalue weighted by atomic mass is 10.2. The van der Waals surface area contributed by atoms with Crippen LogP contribution in [0.4, 0.5) is 0 Å². The molecule has 0 radical (unpaired) electrons. The molecule has 0 saturated carbocycles. The lowest BCUT2D eigenvalue weighted by molar-refractivity contribution is 0.585. The van der Waals surface area contributed by atoms with Gasteiger partial charge in [-0.25, -0.2) is 0 Å². The molecule has 2 aliphatic heterocycles. The minimum atomic E-state index is -1.86. The van der Waals surface area contributed by atoms with E-state index in [4.69, 9.17) is 0 Å². The summed E-state index contributed by atoms with van der Waals surface area (Å²) in [4.78, 5) is 0. The number of rotatable bonds is 0. The predicted molar refractivity (Wildman–Crippen MR) is 70.7 cm³/mol. The minimum absolute atomic E-state index is 0.220. The summed E-state index contributed by atoms with van der Waals surface area (Å²) < 4.78 is 12.9. The fourth-order valence-corrected chi connectivity index (χ4v) is 12.5. The van der Waals surface area contributed by atoms with Crippen molar-refractivity contribution in [1.82, 2.24) is 0 Å². The first-order valence-electron chi connectivity index (χ1n) is 5.56. The molecule has 3 heteroatoms. The second-order valence-electron chi connectivity index (χ2n) is 5.11. The standard InChI is InChI=1S/C12H20OP2/c1-9-5-14-6-10(2)12(4)8-15(14,13)7-11(9)3/h5-8H2,1-4H3. The molecular weight excluding hydrogens is 222 g/mol. The van der Waals surface area contributed by atoms with E-state index in [1.165, 1.54) is 22.3 Å². The normalized spacial score (nSPS) is 36.9. The summed E-state index contributed by atoms with van der Waals surface area (Å²) in [5, 5.41) is 0. The Bertz CT molecular complexity index is 370. The van der Waals surface area contributed by atoms with E-state index in [9.17, 15) is 4.57 Å². The summed E-state index contributed by atoms with van der Waals surface area (Å²) >= 11 is 0. The van der Waals surface area contributed by atoms with Crippen molar-refractivity contribution in [2.75, 3.05) is 24.6 Å². The molecule has 0 aromatic rings. The summed E-state index contributed by atoms with van der Waals surface area (Å²) in [5.41, 5.74) is 5.84. The van der Waals surface area contributed by atoms with E-state index in [1.807, 2.05) is 0 Å². The van der Waals surface area contributed by atoms with Gasteiger partial charge in [0.15, 0.2) is 0 Å². The van der Waals surface area contributed by atoms with Gasteiger partial charge in [0.25, 0.3) is 0 Å². The molecule has 2 heterocycles. The van der Waals surface area contributed by atoms with Gasteiger partial charge in [0.1, 0.15) is 6.83 Å². The van der Waals surface area contributed by atoms with Crippen LogP contribution in [0.5, 0.6) is 0 Å². The fourth-order valence-electron chi connectivity index (χ4n) is 2.40. The Morgan fingerprint density at radius 1 is 0.867 bits per heavy atom. The van der Waals surface area contributed by atoms with Crippen LogP contribution in [0, 0.1) is 0 Å². The van der Waals surface area contributed by atoms with Crippen LogP contribution in [-0.2, 0) is 4.57 Å². The van der Waals surface area contributed by atoms with Crippen molar-refractivity contribution < 1.29 is 4.57 Å². The second kappa shape index (κ2) is 3.86. The van der Waals surface area contributed by atoms with Gasteiger partial charge in [-0.3, -0.25) is 0 Å². The lowest BCUT2D eigenvalue weighted by Gasteiger charge is -2.38. The van der Waals surface area contributed by atoms with Gasteiger partial charge in [-0.1, -0.05) is 22.3 Å². The van der Waals surface area contributed by atoms with Gasteiger partial charge >= 0.3 is 0 Å². The van der Waals surface area contributed by atoms with E-state index >= 15 is 0 Å². The van der Waals surface area contributed by atoms with Crippen molar-refractivity contribution in [3.63, 3.8) is 0 Å². The average Bonchev–Trinajstić information content (AvgIpc) is 2.12. The van der Waals surface area contributed by atoms with E-state index in [0.29, 0.717) is 0 Å². The molecule has 0 unspecified atom stereocenters. The smallest absolute Gasteiger partial charge is 0.116 e. The monoisotopic (exact) mass is 242 g/mol. The summed E-state index contributed by atoms with van der Waals surface area (Å²) in [6.45, 7) is 6.93. The maximum absolute atomic E-state index is 12.9. The zero-order valence-electron chi connectivity index (χ0n) is 10.1. The molecule has 0 atom stereocenters. The van der Waals surface area contributed by atoms with Gasteiger partial charge in [0.2, 0.25) is 0 Å². The summed E-state index contributed by atoms with van der Waals surface area (Å²) in [5.74, 6) is 0. The highest BCUT2D eigenvalue weighted by Crippen LogP contribution is 2.80. The van der Waals surface area contributed by atoms with E-state index in [0.717, 1.165) is 24.6 Å². The molecule has 0 amide bonds. The topological polar surface area (TPSA) is 17.1 Å². The highest BCUT2D eigenvalue weighted by Gasteiger charge is 2.39. The van der Waals surface area contributed by atoms with E-state index in [-0.39, 0.29) is 7.61 Å². The quantitative estimate of drug-likeness (QED) is 0.453. The highest BCUT2D eigenvalue weighted by atomic mass is 32.1. The first kappa shape index (κ1) is 11.6. The fraction of sp³-hybridized carbons (Fsp3) is 0.667. The molecule has 2 aliphatic rings. The molecule has 0 fully saturated rings. The molecule has 15 heavy (non-hydrogen) atoms. The van der Waals surface area contributed by atoms with Crippen molar-refractivity contribution in [2.45, 2.75) is 27.7 Å². The molecule has 0 N–H and O–H groups in total. The maximum Gasteiger partial charge on any atom is 0.116 e. The Hall–Kier alpha value is 0.140. The maximum atomic E-state index is 12.9. The van der Waals surface area contributed by atoms with E-state index in [2.05, 4.69) is 27.7 Å². The van der Waals surface area contributed by atoms with Gasteiger partial charge < -0.3 is 4.57 Å². The first-order chi connectivity index (χ1) is 6.92. The van der Waals surface area contributed by atoms with Crippen LogP contribution in [0.1, 0.15) is 27.7 Å². The molecule has 0 aliphatic carbocycles. The Kier molecular flexibility index (Phi) is 2.99. The Balaban J connectivity index is 2.35. The molecule has 0 spiro atoms. The van der Waals surface area contributed by atoms with Crippen molar-refractivity contribution in [3.05, 3.63) is 22.3 Å². The van der Waals surface area contributed by atoms with Crippen molar-refractivity contribution >= 4 is 14.4 Å². The van der Waals surface area contributed by atoms with Gasteiger partial charge in [-0.15, -0.1) is 0 Å². The van der Waals surface area contributed by atoms with E-state index in [1.54, 1.807) is 0 Å². The van der Waals surface area contributed by atoms with Crippen molar-refractivity contribution in [1.29, 1.82) is 0 Å². The van der Waals surface area contributed by atoms with Crippen molar-refractivity contribution in [3.8, 4) is 0 Å². The summed E-state index contributed by atoms with van der Waals surface area (Å²) in [6.07, 6.45) is 4.11. The molecule has 84 valence electrons. The van der Waals surface area contributed by atoms with Crippen molar-refractivity contribution in [2.24, 2.45) is 0 Å². The third-order valence-corrected chi connectivity index (χ3v) is 13.2. The van der Waals surface area contributed by atoms with Crippen LogP contribution >= 0.6 is 14.4 Å². The molecule has 0 aromatic carbocycles. The number of fused-ring (bicyclic) bond motifs is 1. The summed E-state index contributed by atoms with van der Waals surface area (Å²) in [6, 6.07) is 0. The molecule has 0 aromatic heterocycles. The van der Waals surface area contributed by atoms with Crippen LogP contribution in [0.3, 0.4) is 0 Å². The molecule has 0 saturated heterocycles. The Labute approximate surface area is 94.0 Å². The third kappa shape index (κ3) is 2.02.